The lowest BCUT2D eigenvalue weighted by Crippen LogP contribution is -2.17. The normalized spacial score (nSPS) is 14.8. The summed E-state index contributed by atoms with van der Waals surface area (Å²) in [4.78, 5) is 0. The number of fused-ring (bicyclic) bond motifs is 1. The molecule has 3 nitrogen and oxygen atoms in total. The van der Waals surface area contributed by atoms with Crippen LogP contribution >= 0.6 is 0 Å². The third-order valence-corrected chi connectivity index (χ3v) is 3.88. The molecular weight excluding hydrogens is 250 g/mol. The van der Waals surface area contributed by atoms with E-state index >= 15 is 0 Å². The van der Waals surface area contributed by atoms with Crippen LogP contribution in [-0.2, 0) is 0 Å². The van der Waals surface area contributed by atoms with Gasteiger partial charge >= 0.3 is 0 Å². The lowest BCUT2D eigenvalue weighted by molar-refractivity contribution is 0.174. The van der Waals surface area contributed by atoms with E-state index in [1.165, 1.54) is 24.8 Å². The summed E-state index contributed by atoms with van der Waals surface area (Å²) < 4.78 is 10.9. The third kappa shape index (κ3) is 4.14. The van der Waals surface area contributed by atoms with Crippen molar-refractivity contribution in [1.29, 1.82) is 0 Å². The molecule has 1 heterocycles. The van der Waals surface area contributed by atoms with Gasteiger partial charge in [-0.05, 0) is 55.5 Å². The van der Waals surface area contributed by atoms with E-state index in [4.69, 9.17) is 9.47 Å². The Kier molecular flexibility index (Phi) is 5.72. The first kappa shape index (κ1) is 15.2. The minimum Gasteiger partial charge on any atom is -0.454 e. The predicted molar refractivity (Wildman–Crippen MR) is 82.5 cm³/mol. The van der Waals surface area contributed by atoms with Crippen LogP contribution in [0.25, 0.3) is 0 Å². The molecule has 0 saturated carbocycles. The minimum atomic E-state index is 0.354. The van der Waals surface area contributed by atoms with E-state index in [0.717, 1.165) is 30.5 Å². The highest BCUT2D eigenvalue weighted by atomic mass is 16.7. The monoisotopic (exact) mass is 277 g/mol. The average molecular weight is 277 g/mol. The molecule has 0 aromatic heterocycles. The molecule has 0 bridgehead atoms. The van der Waals surface area contributed by atoms with Gasteiger partial charge in [-0.15, -0.1) is 0 Å². The van der Waals surface area contributed by atoms with Crippen LogP contribution in [0.5, 0.6) is 11.5 Å². The topological polar surface area (TPSA) is 30.5 Å². The van der Waals surface area contributed by atoms with Crippen LogP contribution < -0.4 is 14.8 Å². The maximum atomic E-state index is 5.50. The van der Waals surface area contributed by atoms with E-state index in [-0.39, 0.29) is 0 Å². The van der Waals surface area contributed by atoms with Gasteiger partial charge in [-0.1, -0.05) is 33.3 Å². The van der Waals surface area contributed by atoms with Crippen molar-refractivity contribution < 1.29 is 9.47 Å². The molecule has 0 saturated heterocycles. The van der Waals surface area contributed by atoms with Gasteiger partial charge in [-0.25, -0.2) is 0 Å². The second-order valence-corrected chi connectivity index (χ2v) is 5.92. The summed E-state index contributed by atoms with van der Waals surface area (Å²) >= 11 is 0. The molecule has 0 unspecified atom stereocenters. The Labute approximate surface area is 122 Å². The molecule has 0 fully saturated rings. The SMILES string of the molecule is CCNCC[C@@H](CCC(C)C)c1ccc2c(c1)OCO2. The average Bonchev–Trinajstić information content (AvgIpc) is 2.89. The van der Waals surface area contributed by atoms with Crippen LogP contribution in [0, 0.1) is 5.92 Å². The van der Waals surface area contributed by atoms with Crippen molar-refractivity contribution in [2.24, 2.45) is 5.92 Å². The van der Waals surface area contributed by atoms with Crippen molar-refractivity contribution in [2.75, 3.05) is 19.9 Å². The highest BCUT2D eigenvalue weighted by Gasteiger charge is 2.18. The summed E-state index contributed by atoms with van der Waals surface area (Å²) in [5.74, 6) is 3.14. The van der Waals surface area contributed by atoms with Crippen LogP contribution in [0.15, 0.2) is 18.2 Å². The fraction of sp³-hybridized carbons (Fsp3) is 0.647. The number of nitrogens with one attached hydrogen (secondary N) is 1. The van der Waals surface area contributed by atoms with Crippen molar-refractivity contribution in [3.8, 4) is 11.5 Å². The quantitative estimate of drug-likeness (QED) is 0.730. The summed E-state index contributed by atoms with van der Waals surface area (Å²) in [5.41, 5.74) is 1.38. The molecule has 1 aromatic carbocycles. The first-order chi connectivity index (χ1) is 9.70. The van der Waals surface area contributed by atoms with Crippen LogP contribution in [0.1, 0.15) is 51.5 Å². The van der Waals surface area contributed by atoms with Crippen molar-refractivity contribution in [3.05, 3.63) is 23.8 Å². The van der Waals surface area contributed by atoms with Gasteiger partial charge in [0.05, 0.1) is 0 Å². The van der Waals surface area contributed by atoms with Crippen molar-refractivity contribution in [2.45, 2.75) is 46.0 Å². The molecular formula is C17H27NO2. The van der Waals surface area contributed by atoms with Crippen LogP contribution in [0.2, 0.25) is 0 Å². The molecule has 0 amide bonds. The van der Waals surface area contributed by atoms with Crippen LogP contribution in [0.3, 0.4) is 0 Å². The molecule has 0 radical (unpaired) electrons. The second kappa shape index (κ2) is 7.53. The molecule has 1 aliphatic heterocycles. The Morgan fingerprint density at radius 2 is 1.90 bits per heavy atom. The van der Waals surface area contributed by atoms with E-state index in [2.05, 4.69) is 38.2 Å². The number of rotatable bonds is 8. The Hall–Kier alpha value is -1.22. The zero-order chi connectivity index (χ0) is 14.4. The summed E-state index contributed by atoms with van der Waals surface area (Å²) in [7, 11) is 0. The smallest absolute Gasteiger partial charge is 0.231 e. The molecule has 0 spiro atoms. The summed E-state index contributed by atoms with van der Waals surface area (Å²) in [6, 6.07) is 6.41. The largest absolute Gasteiger partial charge is 0.454 e. The summed E-state index contributed by atoms with van der Waals surface area (Å²) in [6.07, 6.45) is 3.69. The summed E-state index contributed by atoms with van der Waals surface area (Å²) in [5, 5.41) is 3.43. The van der Waals surface area contributed by atoms with Crippen molar-refractivity contribution >= 4 is 0 Å². The lowest BCUT2D eigenvalue weighted by Gasteiger charge is -2.19. The number of benzene rings is 1. The molecule has 112 valence electrons. The third-order valence-electron chi connectivity index (χ3n) is 3.88. The summed E-state index contributed by atoms with van der Waals surface area (Å²) in [6.45, 7) is 9.21. The Morgan fingerprint density at radius 3 is 2.65 bits per heavy atom. The molecule has 2 rings (SSSR count). The number of ether oxygens (including phenoxy) is 2. The zero-order valence-corrected chi connectivity index (χ0v) is 12.9. The van der Waals surface area contributed by atoms with Gasteiger partial charge in [-0.2, -0.15) is 0 Å². The van der Waals surface area contributed by atoms with Crippen molar-refractivity contribution in [3.63, 3.8) is 0 Å². The highest BCUT2D eigenvalue weighted by Crippen LogP contribution is 2.36. The van der Waals surface area contributed by atoms with E-state index in [0.29, 0.717) is 12.7 Å². The van der Waals surface area contributed by atoms with Crippen molar-refractivity contribution in [1.82, 2.24) is 5.32 Å². The highest BCUT2D eigenvalue weighted by molar-refractivity contribution is 5.45. The molecule has 1 aliphatic rings. The maximum Gasteiger partial charge on any atom is 0.231 e. The molecule has 0 aliphatic carbocycles. The van der Waals surface area contributed by atoms with E-state index in [1.54, 1.807) is 0 Å². The molecule has 1 aromatic rings. The fourth-order valence-electron chi connectivity index (χ4n) is 2.63. The fourth-order valence-corrected chi connectivity index (χ4v) is 2.63. The van der Waals surface area contributed by atoms with Gasteiger partial charge in [0.2, 0.25) is 6.79 Å². The van der Waals surface area contributed by atoms with Gasteiger partial charge in [0, 0.05) is 0 Å². The van der Waals surface area contributed by atoms with Gasteiger partial charge in [0.25, 0.3) is 0 Å². The lowest BCUT2D eigenvalue weighted by atomic mass is 9.88. The van der Waals surface area contributed by atoms with Gasteiger partial charge in [0.1, 0.15) is 0 Å². The van der Waals surface area contributed by atoms with Crippen LogP contribution in [-0.4, -0.2) is 19.9 Å². The van der Waals surface area contributed by atoms with Gasteiger partial charge < -0.3 is 14.8 Å². The Balaban J connectivity index is 2.03. The molecule has 20 heavy (non-hydrogen) atoms. The standard InChI is InChI=1S/C17H27NO2/c1-4-18-10-9-14(6-5-13(2)3)15-7-8-16-17(11-15)20-12-19-16/h7-8,11,13-14,18H,4-6,9-10,12H2,1-3H3/t14-/m1/s1. The maximum absolute atomic E-state index is 5.50. The minimum absolute atomic E-state index is 0.354. The van der Waals surface area contributed by atoms with E-state index in [1.807, 2.05) is 6.07 Å². The number of hydrogen-bond donors (Lipinski definition) is 1. The zero-order valence-electron chi connectivity index (χ0n) is 12.9. The predicted octanol–water partition coefficient (Wildman–Crippen LogP) is 3.93. The molecule has 3 heteroatoms. The molecule has 1 N–H and O–H groups in total. The Bertz CT molecular complexity index is 417. The van der Waals surface area contributed by atoms with E-state index in [9.17, 15) is 0 Å². The van der Waals surface area contributed by atoms with Gasteiger partial charge in [-0.3, -0.25) is 0 Å². The second-order valence-electron chi connectivity index (χ2n) is 5.92. The van der Waals surface area contributed by atoms with Gasteiger partial charge in [0.15, 0.2) is 11.5 Å². The number of hydrogen-bond acceptors (Lipinski definition) is 3. The first-order valence-corrected chi connectivity index (χ1v) is 7.81. The molecule has 1 atom stereocenters. The van der Waals surface area contributed by atoms with E-state index < -0.39 is 0 Å². The Morgan fingerprint density at radius 1 is 1.10 bits per heavy atom. The van der Waals surface area contributed by atoms with Crippen LogP contribution in [0.4, 0.5) is 0 Å². The first-order valence-electron chi connectivity index (χ1n) is 7.81.